The van der Waals surface area contributed by atoms with Crippen LogP contribution >= 0.6 is 0 Å². The van der Waals surface area contributed by atoms with Gasteiger partial charge in [-0.15, -0.1) is 0 Å². The van der Waals surface area contributed by atoms with Crippen LogP contribution in [0.4, 0.5) is 16.2 Å². The Bertz CT molecular complexity index is 2030. The van der Waals surface area contributed by atoms with E-state index in [0.717, 1.165) is 39.1 Å². The lowest BCUT2D eigenvalue weighted by Crippen LogP contribution is -2.22. The molecule has 0 unspecified atom stereocenters. The minimum Gasteiger partial charge on any atom is -0.497 e. The topological polar surface area (TPSA) is 131 Å². The second kappa shape index (κ2) is 11.3. The molecule has 11 nitrogen and oxygen atoms in total. The largest absolute Gasteiger partial charge is 0.497 e. The van der Waals surface area contributed by atoms with Gasteiger partial charge in [-0.2, -0.15) is 5.10 Å². The number of ether oxygens (including phenoxy) is 2. The summed E-state index contributed by atoms with van der Waals surface area (Å²) in [7, 11) is 6.85. The molecule has 2 aromatic heterocycles. The maximum atomic E-state index is 13.6. The number of aryl methyl sites for hydroxylation is 2. The third kappa shape index (κ3) is 5.40. The Morgan fingerprint density at radius 3 is 2.38 bits per heavy atom. The van der Waals surface area contributed by atoms with Gasteiger partial charge in [0.1, 0.15) is 11.5 Å². The molecule has 5 aromatic rings. The average Bonchev–Trinajstić information content (AvgIpc) is 3.61. The van der Waals surface area contributed by atoms with E-state index in [2.05, 4.69) is 20.7 Å². The molecule has 3 aromatic carbocycles. The fourth-order valence-electron chi connectivity index (χ4n) is 5.45. The van der Waals surface area contributed by atoms with Crippen LogP contribution in [-0.4, -0.2) is 58.6 Å². The molecule has 11 heteroatoms. The number of carbonyl (C=O) groups is 3. The molecule has 0 fully saturated rings. The lowest BCUT2D eigenvalue weighted by Gasteiger charge is -2.11. The molecule has 1 aliphatic rings. The van der Waals surface area contributed by atoms with Crippen LogP contribution in [0.1, 0.15) is 37.7 Å². The highest BCUT2D eigenvalue weighted by Crippen LogP contribution is 2.39. The van der Waals surface area contributed by atoms with E-state index in [0.29, 0.717) is 34.0 Å². The summed E-state index contributed by atoms with van der Waals surface area (Å²) in [6.07, 6.45) is 1.74. The normalized spacial score (nSPS) is 13.1. The van der Waals surface area contributed by atoms with Crippen molar-refractivity contribution in [1.29, 1.82) is 0 Å². The summed E-state index contributed by atoms with van der Waals surface area (Å²) in [5.74, 6) is 0.792. The fourth-order valence-corrected chi connectivity index (χ4v) is 5.45. The molecule has 6 rings (SSSR count). The standard InChI is InChI=1S/C34H32N6O5/c1-18-30(19(2)40(5)38-18)31-25(24-16-23(44-6)12-13-27(24)37-31)17-29-32(41)26-15-22(11-14-28(26)45-29)36-34(43)35-21-9-7-20(8-10-21)33(42)39(3)4/h7-17,37H,1-6H3,(H2,35,36,43). The number of H-pyrrole nitrogens is 1. The van der Waals surface area contributed by atoms with Crippen LogP contribution in [0.15, 0.2) is 66.4 Å². The Morgan fingerprint density at radius 2 is 1.71 bits per heavy atom. The van der Waals surface area contributed by atoms with Crippen molar-refractivity contribution in [3.63, 3.8) is 0 Å². The number of anilines is 2. The van der Waals surface area contributed by atoms with Crippen molar-refractivity contribution in [2.24, 2.45) is 7.05 Å². The molecule has 0 saturated carbocycles. The Kier molecular flexibility index (Phi) is 7.37. The summed E-state index contributed by atoms with van der Waals surface area (Å²) in [6.45, 7) is 3.95. The van der Waals surface area contributed by atoms with Crippen LogP contribution in [0.2, 0.25) is 0 Å². The van der Waals surface area contributed by atoms with Crippen molar-refractivity contribution in [3.8, 4) is 22.8 Å². The summed E-state index contributed by atoms with van der Waals surface area (Å²) < 4.78 is 13.4. The van der Waals surface area contributed by atoms with Gasteiger partial charge in [0.05, 0.1) is 24.1 Å². The Hall–Kier alpha value is -5.84. The van der Waals surface area contributed by atoms with Gasteiger partial charge in [0.2, 0.25) is 5.78 Å². The highest BCUT2D eigenvalue weighted by Gasteiger charge is 2.29. The van der Waals surface area contributed by atoms with E-state index in [1.165, 1.54) is 4.90 Å². The van der Waals surface area contributed by atoms with E-state index < -0.39 is 6.03 Å². The zero-order valence-corrected chi connectivity index (χ0v) is 25.7. The summed E-state index contributed by atoms with van der Waals surface area (Å²) in [5.41, 5.74) is 7.01. The van der Waals surface area contributed by atoms with Crippen LogP contribution in [0, 0.1) is 13.8 Å². The van der Waals surface area contributed by atoms with Gasteiger partial charge in [0, 0.05) is 65.8 Å². The van der Waals surface area contributed by atoms with Crippen molar-refractivity contribution >= 4 is 46.1 Å². The smallest absolute Gasteiger partial charge is 0.323 e. The van der Waals surface area contributed by atoms with Crippen LogP contribution in [0.5, 0.6) is 11.5 Å². The maximum Gasteiger partial charge on any atom is 0.323 e. The predicted octanol–water partition coefficient (Wildman–Crippen LogP) is 6.16. The van der Waals surface area contributed by atoms with Gasteiger partial charge in [0.15, 0.2) is 5.76 Å². The number of aromatic amines is 1. The Morgan fingerprint density at radius 1 is 1.00 bits per heavy atom. The van der Waals surface area contributed by atoms with Crippen molar-refractivity contribution in [3.05, 3.63) is 94.5 Å². The van der Waals surface area contributed by atoms with Crippen LogP contribution in [0.3, 0.4) is 0 Å². The minimum atomic E-state index is -0.497. The first-order valence-electron chi connectivity index (χ1n) is 14.2. The molecule has 0 saturated heterocycles. The molecule has 228 valence electrons. The number of methoxy groups -OCH3 is 1. The SMILES string of the molecule is COc1ccc2[nH]c(-c3c(C)nn(C)c3C)c(C=C3Oc4ccc(NC(=O)Nc5ccc(C(=O)N(C)C)cc5)cc4C3=O)c2c1. The molecular weight excluding hydrogens is 572 g/mol. The third-order valence-electron chi connectivity index (χ3n) is 7.80. The number of nitrogens with zero attached hydrogens (tertiary/aromatic N) is 3. The van der Waals surface area contributed by atoms with Gasteiger partial charge in [-0.05, 0) is 80.6 Å². The van der Waals surface area contributed by atoms with E-state index in [9.17, 15) is 14.4 Å². The fraction of sp³-hybridized carbons (Fsp3) is 0.176. The first kappa shape index (κ1) is 29.2. The van der Waals surface area contributed by atoms with Gasteiger partial charge in [-0.1, -0.05) is 0 Å². The molecule has 1 aliphatic heterocycles. The van der Waals surface area contributed by atoms with Gasteiger partial charge < -0.3 is 30.0 Å². The Balaban J connectivity index is 1.27. The molecule has 0 aliphatic carbocycles. The molecule has 45 heavy (non-hydrogen) atoms. The van der Waals surface area contributed by atoms with Crippen molar-refractivity contribution < 1.29 is 23.9 Å². The Labute approximate surface area is 259 Å². The minimum absolute atomic E-state index is 0.132. The molecule has 3 amide bonds. The van der Waals surface area contributed by atoms with E-state index in [1.807, 2.05) is 43.8 Å². The van der Waals surface area contributed by atoms with Crippen LogP contribution in [-0.2, 0) is 7.05 Å². The summed E-state index contributed by atoms with van der Waals surface area (Å²) >= 11 is 0. The molecule has 0 bridgehead atoms. The molecular formula is C34H32N6O5. The van der Waals surface area contributed by atoms with E-state index in [4.69, 9.17) is 9.47 Å². The summed E-state index contributed by atoms with van der Waals surface area (Å²) in [4.78, 5) is 43.5. The van der Waals surface area contributed by atoms with Crippen molar-refractivity contribution in [2.45, 2.75) is 13.8 Å². The second-order valence-corrected chi connectivity index (χ2v) is 11.0. The number of rotatable bonds is 6. The number of allylic oxidation sites excluding steroid dienone is 1. The number of aromatic nitrogens is 3. The second-order valence-electron chi connectivity index (χ2n) is 11.0. The predicted molar refractivity (Wildman–Crippen MR) is 173 cm³/mol. The number of Topliss-reactive ketones (excluding diaryl/α,β-unsaturated/α-hetero) is 1. The number of benzene rings is 3. The van der Waals surface area contributed by atoms with E-state index >= 15 is 0 Å². The third-order valence-corrected chi connectivity index (χ3v) is 7.80. The maximum absolute atomic E-state index is 13.6. The van der Waals surface area contributed by atoms with Gasteiger partial charge in [-0.3, -0.25) is 14.3 Å². The van der Waals surface area contributed by atoms with E-state index in [1.54, 1.807) is 69.7 Å². The average molecular weight is 605 g/mol. The molecule has 3 N–H and O–H groups in total. The number of carbonyl (C=O) groups excluding carboxylic acids is 3. The van der Waals surface area contributed by atoms with Gasteiger partial charge >= 0.3 is 6.03 Å². The molecule has 0 atom stereocenters. The number of amides is 3. The number of nitrogens with one attached hydrogen (secondary N) is 3. The molecule has 0 radical (unpaired) electrons. The van der Waals surface area contributed by atoms with Crippen LogP contribution in [0.25, 0.3) is 28.2 Å². The summed E-state index contributed by atoms with van der Waals surface area (Å²) in [5, 5.41) is 10.9. The molecule has 3 heterocycles. The number of urea groups is 1. The zero-order valence-electron chi connectivity index (χ0n) is 25.7. The zero-order chi connectivity index (χ0) is 32.0. The number of fused-ring (bicyclic) bond motifs is 2. The lowest BCUT2D eigenvalue weighted by molar-refractivity contribution is 0.0827. The highest BCUT2D eigenvalue weighted by atomic mass is 16.5. The first-order chi connectivity index (χ1) is 21.5. The number of hydrogen-bond donors (Lipinski definition) is 3. The van der Waals surface area contributed by atoms with Crippen molar-refractivity contribution in [1.82, 2.24) is 19.7 Å². The monoisotopic (exact) mass is 604 g/mol. The van der Waals surface area contributed by atoms with Gasteiger partial charge in [0.25, 0.3) is 5.91 Å². The summed E-state index contributed by atoms with van der Waals surface area (Å²) in [6, 6.07) is 16.7. The van der Waals surface area contributed by atoms with Gasteiger partial charge in [-0.25, -0.2) is 4.79 Å². The van der Waals surface area contributed by atoms with Crippen molar-refractivity contribution in [2.75, 3.05) is 31.8 Å². The number of hydrogen-bond acceptors (Lipinski definition) is 6. The molecule has 0 spiro atoms. The highest BCUT2D eigenvalue weighted by molar-refractivity contribution is 6.16. The van der Waals surface area contributed by atoms with E-state index in [-0.39, 0.29) is 17.4 Å². The lowest BCUT2D eigenvalue weighted by atomic mass is 10.0. The first-order valence-corrected chi connectivity index (χ1v) is 14.2. The quantitative estimate of drug-likeness (QED) is 0.199. The number of ketones is 1. The van der Waals surface area contributed by atoms with Crippen LogP contribution < -0.4 is 20.1 Å².